The second-order valence-electron chi connectivity index (χ2n) is 5.79. The van der Waals surface area contributed by atoms with Crippen molar-refractivity contribution in [2.24, 2.45) is 0 Å². The minimum atomic E-state index is 0.833. The van der Waals surface area contributed by atoms with Gasteiger partial charge in [0.2, 0.25) is 0 Å². The highest BCUT2D eigenvalue weighted by Crippen LogP contribution is 2.23. The molecule has 0 saturated heterocycles. The third-order valence-corrected chi connectivity index (χ3v) is 3.38. The summed E-state index contributed by atoms with van der Waals surface area (Å²) >= 11 is 0. The van der Waals surface area contributed by atoms with Crippen molar-refractivity contribution in [3.05, 3.63) is 11.4 Å². The first-order valence-electron chi connectivity index (χ1n) is 7.98. The summed E-state index contributed by atoms with van der Waals surface area (Å²) in [5, 5.41) is 3.42. The first-order chi connectivity index (χ1) is 9.99. The minimum absolute atomic E-state index is 0.833. The average Bonchev–Trinajstić information content (AvgIpc) is 2.44. The van der Waals surface area contributed by atoms with Crippen LogP contribution in [0, 0.1) is 13.8 Å². The average molecular weight is 293 g/mol. The summed E-state index contributed by atoms with van der Waals surface area (Å²) in [6, 6.07) is 0. The van der Waals surface area contributed by atoms with Crippen molar-refractivity contribution < 1.29 is 0 Å². The highest BCUT2D eigenvalue weighted by atomic mass is 15.2. The quantitative estimate of drug-likeness (QED) is 0.758. The molecule has 1 aromatic heterocycles. The summed E-state index contributed by atoms with van der Waals surface area (Å²) in [5.41, 5.74) is 1.15. The fourth-order valence-electron chi connectivity index (χ4n) is 2.25. The van der Waals surface area contributed by atoms with Crippen molar-refractivity contribution in [2.75, 3.05) is 50.5 Å². The van der Waals surface area contributed by atoms with Crippen molar-refractivity contribution >= 4 is 11.6 Å². The Balaban J connectivity index is 3.02. The molecule has 120 valence electrons. The second kappa shape index (κ2) is 8.82. The molecular weight excluding hydrogens is 262 g/mol. The third-order valence-electron chi connectivity index (χ3n) is 3.38. The molecule has 0 bridgehead atoms. The Labute approximate surface area is 129 Å². The highest BCUT2D eigenvalue weighted by Gasteiger charge is 2.15. The van der Waals surface area contributed by atoms with Gasteiger partial charge in [-0.2, -0.15) is 0 Å². The smallest absolute Gasteiger partial charge is 0.137 e. The van der Waals surface area contributed by atoms with E-state index >= 15 is 0 Å². The van der Waals surface area contributed by atoms with Crippen molar-refractivity contribution in [1.82, 2.24) is 14.9 Å². The molecule has 0 atom stereocenters. The van der Waals surface area contributed by atoms with E-state index in [9.17, 15) is 0 Å². The lowest BCUT2D eigenvalue weighted by Gasteiger charge is -2.27. The number of rotatable bonds is 9. The van der Waals surface area contributed by atoms with E-state index in [2.05, 4.69) is 55.0 Å². The van der Waals surface area contributed by atoms with Gasteiger partial charge in [-0.1, -0.05) is 13.8 Å². The molecule has 0 radical (unpaired) electrons. The van der Waals surface area contributed by atoms with Gasteiger partial charge in [0, 0.05) is 31.7 Å². The Morgan fingerprint density at radius 1 is 0.952 bits per heavy atom. The number of hydrogen-bond acceptors (Lipinski definition) is 5. The summed E-state index contributed by atoms with van der Waals surface area (Å²) in [6.07, 6.45) is 2.21. The predicted molar refractivity (Wildman–Crippen MR) is 91.3 cm³/mol. The van der Waals surface area contributed by atoms with Gasteiger partial charge in [-0.05, 0) is 40.8 Å². The van der Waals surface area contributed by atoms with Gasteiger partial charge in [0.15, 0.2) is 0 Å². The van der Waals surface area contributed by atoms with Gasteiger partial charge in [0.05, 0.1) is 0 Å². The van der Waals surface area contributed by atoms with Crippen LogP contribution in [0.2, 0.25) is 0 Å². The van der Waals surface area contributed by atoms with E-state index in [0.29, 0.717) is 0 Å². The fourth-order valence-corrected chi connectivity index (χ4v) is 2.25. The number of nitrogens with zero attached hydrogens (tertiary/aromatic N) is 4. The third kappa shape index (κ3) is 5.50. The van der Waals surface area contributed by atoms with E-state index in [4.69, 9.17) is 4.98 Å². The maximum Gasteiger partial charge on any atom is 0.137 e. The summed E-state index contributed by atoms with van der Waals surface area (Å²) in [4.78, 5) is 13.8. The Morgan fingerprint density at radius 2 is 1.67 bits per heavy atom. The molecular formula is C16H31N5. The highest BCUT2D eigenvalue weighted by molar-refractivity contribution is 5.58. The number of anilines is 2. The molecule has 21 heavy (non-hydrogen) atoms. The molecule has 0 aromatic carbocycles. The summed E-state index contributed by atoms with van der Waals surface area (Å²) in [7, 11) is 4.22. The standard InChI is InChI=1S/C16H31N5/c1-7-9-17-15-13(3)16(19-14(4)18-15)21(10-8-2)12-11-20(5)6/h7-12H2,1-6H3,(H,17,18,19). The molecule has 0 spiro atoms. The fraction of sp³-hybridized carbons (Fsp3) is 0.750. The molecule has 0 unspecified atom stereocenters. The van der Waals surface area contributed by atoms with Crippen LogP contribution >= 0.6 is 0 Å². The van der Waals surface area contributed by atoms with Crippen molar-refractivity contribution in [2.45, 2.75) is 40.5 Å². The van der Waals surface area contributed by atoms with E-state index in [1.54, 1.807) is 0 Å². The molecule has 1 N–H and O–H groups in total. The SMILES string of the molecule is CCCNc1nc(C)nc(N(CCC)CCN(C)C)c1C. The largest absolute Gasteiger partial charge is 0.370 e. The van der Waals surface area contributed by atoms with Gasteiger partial charge >= 0.3 is 0 Å². The van der Waals surface area contributed by atoms with E-state index in [1.807, 2.05) is 6.92 Å². The van der Waals surface area contributed by atoms with Gasteiger partial charge in [-0.15, -0.1) is 0 Å². The second-order valence-corrected chi connectivity index (χ2v) is 5.79. The van der Waals surface area contributed by atoms with Crippen LogP contribution in [0.15, 0.2) is 0 Å². The first kappa shape index (κ1) is 17.7. The van der Waals surface area contributed by atoms with Gasteiger partial charge in [0.25, 0.3) is 0 Å². The molecule has 1 rings (SSSR count). The van der Waals surface area contributed by atoms with Crippen LogP contribution in [-0.2, 0) is 0 Å². The molecule has 5 nitrogen and oxygen atoms in total. The number of nitrogens with one attached hydrogen (secondary N) is 1. The van der Waals surface area contributed by atoms with Crippen molar-refractivity contribution in [3.63, 3.8) is 0 Å². The van der Waals surface area contributed by atoms with Gasteiger partial charge in [-0.3, -0.25) is 0 Å². The zero-order chi connectivity index (χ0) is 15.8. The molecule has 1 aromatic rings. The maximum absolute atomic E-state index is 4.69. The van der Waals surface area contributed by atoms with Crippen LogP contribution in [0.25, 0.3) is 0 Å². The number of aromatic nitrogens is 2. The van der Waals surface area contributed by atoms with Crippen molar-refractivity contribution in [3.8, 4) is 0 Å². The summed E-state index contributed by atoms with van der Waals surface area (Å²) < 4.78 is 0. The van der Waals surface area contributed by atoms with Crippen LogP contribution < -0.4 is 10.2 Å². The predicted octanol–water partition coefficient (Wildman–Crippen LogP) is 2.69. The van der Waals surface area contributed by atoms with E-state index < -0.39 is 0 Å². The first-order valence-corrected chi connectivity index (χ1v) is 7.98. The van der Waals surface area contributed by atoms with Crippen LogP contribution in [0.5, 0.6) is 0 Å². The lowest BCUT2D eigenvalue weighted by Crippen LogP contribution is -2.33. The van der Waals surface area contributed by atoms with E-state index in [1.165, 1.54) is 0 Å². The van der Waals surface area contributed by atoms with E-state index in [-0.39, 0.29) is 0 Å². The number of aryl methyl sites for hydroxylation is 1. The normalized spacial score (nSPS) is 11.0. The van der Waals surface area contributed by atoms with Crippen LogP contribution in [0.1, 0.15) is 38.1 Å². The van der Waals surface area contributed by atoms with Gasteiger partial charge < -0.3 is 15.1 Å². The molecule has 0 saturated carbocycles. The number of likely N-dealkylation sites (N-methyl/N-ethyl adjacent to an activating group) is 1. The zero-order valence-corrected chi connectivity index (χ0v) is 14.5. The Morgan fingerprint density at radius 3 is 2.24 bits per heavy atom. The van der Waals surface area contributed by atoms with Crippen LogP contribution in [0.4, 0.5) is 11.6 Å². The summed E-state index contributed by atoms with van der Waals surface area (Å²) in [5.74, 6) is 2.88. The molecule has 0 aliphatic heterocycles. The molecule has 0 amide bonds. The minimum Gasteiger partial charge on any atom is -0.370 e. The van der Waals surface area contributed by atoms with Crippen molar-refractivity contribution in [1.29, 1.82) is 0 Å². The summed E-state index contributed by atoms with van der Waals surface area (Å²) in [6.45, 7) is 12.5. The molecule has 0 aliphatic rings. The number of hydrogen-bond donors (Lipinski definition) is 1. The van der Waals surface area contributed by atoms with Crippen LogP contribution in [0.3, 0.4) is 0 Å². The van der Waals surface area contributed by atoms with E-state index in [0.717, 1.165) is 62.0 Å². The van der Waals surface area contributed by atoms with Gasteiger partial charge in [-0.25, -0.2) is 9.97 Å². The topological polar surface area (TPSA) is 44.3 Å². The lowest BCUT2D eigenvalue weighted by atomic mass is 10.2. The van der Waals surface area contributed by atoms with Crippen LogP contribution in [-0.4, -0.2) is 55.1 Å². The van der Waals surface area contributed by atoms with Gasteiger partial charge in [0.1, 0.15) is 17.5 Å². The Kier molecular flexibility index (Phi) is 7.43. The molecule has 0 aliphatic carbocycles. The Hall–Kier alpha value is -1.36. The molecule has 0 fully saturated rings. The molecule has 5 heteroatoms. The Bertz CT molecular complexity index is 431. The molecule has 1 heterocycles. The maximum atomic E-state index is 4.69. The zero-order valence-electron chi connectivity index (χ0n) is 14.5. The monoisotopic (exact) mass is 293 g/mol. The lowest BCUT2D eigenvalue weighted by molar-refractivity contribution is 0.412.